The Morgan fingerprint density at radius 2 is 1.88 bits per heavy atom. The fourth-order valence-corrected chi connectivity index (χ4v) is 3.05. The molecular formula is C16H22BNO5S. The van der Waals surface area contributed by atoms with Crippen LogP contribution in [0.25, 0.3) is 6.08 Å². The van der Waals surface area contributed by atoms with Crippen molar-refractivity contribution in [2.75, 3.05) is 6.54 Å². The second kappa shape index (κ2) is 6.70. The number of nitrogens with one attached hydrogen (secondary N) is 1. The molecule has 2 heterocycles. The molecule has 2 N–H and O–H groups in total. The van der Waals surface area contributed by atoms with Gasteiger partial charge in [0.2, 0.25) is 5.91 Å². The molecule has 1 saturated heterocycles. The van der Waals surface area contributed by atoms with Crippen LogP contribution in [0.2, 0.25) is 0 Å². The molecule has 1 amide bonds. The number of aromatic carboxylic acids is 1. The van der Waals surface area contributed by atoms with E-state index in [0.29, 0.717) is 10.3 Å². The number of thiophene rings is 1. The van der Waals surface area contributed by atoms with E-state index >= 15 is 0 Å². The van der Waals surface area contributed by atoms with Crippen LogP contribution in [-0.4, -0.2) is 41.8 Å². The number of hydrogen-bond donors (Lipinski definition) is 2. The zero-order chi connectivity index (χ0) is 18.1. The number of hydrogen-bond acceptors (Lipinski definition) is 5. The average Bonchev–Trinajstić information content (AvgIpc) is 2.97. The van der Waals surface area contributed by atoms with Crippen molar-refractivity contribution in [1.82, 2.24) is 5.32 Å². The average molecular weight is 351 g/mol. The zero-order valence-electron chi connectivity index (χ0n) is 14.5. The molecule has 1 aliphatic heterocycles. The Hall–Kier alpha value is -1.64. The van der Waals surface area contributed by atoms with Gasteiger partial charge in [0.25, 0.3) is 0 Å². The summed E-state index contributed by atoms with van der Waals surface area (Å²) in [6.07, 6.45) is 1.73. The van der Waals surface area contributed by atoms with Crippen molar-refractivity contribution in [2.24, 2.45) is 0 Å². The largest absolute Gasteiger partial charge is 0.492 e. The van der Waals surface area contributed by atoms with Crippen molar-refractivity contribution in [3.05, 3.63) is 27.4 Å². The molecule has 0 aromatic carbocycles. The third kappa shape index (κ3) is 3.88. The standard InChI is InChI=1S/C16H22BNO5S/c1-10(19)18-9-11(8-13-12(14(20)21)6-7-24-13)17-22-15(2,3)16(4,5)23-17/h6-8H,9H2,1-5H3,(H,18,19)(H,20,21). The lowest BCUT2D eigenvalue weighted by Gasteiger charge is -2.32. The molecule has 130 valence electrons. The lowest BCUT2D eigenvalue weighted by molar-refractivity contribution is -0.118. The third-order valence-corrected chi connectivity index (χ3v) is 5.20. The molecule has 1 aromatic heterocycles. The number of rotatable bonds is 5. The van der Waals surface area contributed by atoms with Crippen molar-refractivity contribution in [3.8, 4) is 0 Å². The van der Waals surface area contributed by atoms with E-state index in [1.807, 2.05) is 27.7 Å². The Kier molecular flexibility index (Phi) is 5.22. The Morgan fingerprint density at radius 1 is 1.29 bits per heavy atom. The summed E-state index contributed by atoms with van der Waals surface area (Å²) in [4.78, 5) is 23.2. The van der Waals surface area contributed by atoms with Crippen molar-refractivity contribution >= 4 is 36.4 Å². The van der Waals surface area contributed by atoms with Crippen LogP contribution >= 0.6 is 11.3 Å². The van der Waals surface area contributed by atoms with Gasteiger partial charge in [0.1, 0.15) is 0 Å². The van der Waals surface area contributed by atoms with Gasteiger partial charge in [-0.1, -0.05) is 0 Å². The van der Waals surface area contributed by atoms with E-state index in [9.17, 15) is 14.7 Å². The van der Waals surface area contributed by atoms with E-state index < -0.39 is 24.3 Å². The highest BCUT2D eigenvalue weighted by atomic mass is 32.1. The number of carbonyl (C=O) groups excluding carboxylic acids is 1. The molecule has 6 nitrogen and oxygen atoms in total. The molecule has 0 saturated carbocycles. The fraction of sp³-hybridized carbons (Fsp3) is 0.500. The van der Waals surface area contributed by atoms with Gasteiger partial charge < -0.3 is 19.7 Å². The smallest absolute Gasteiger partial charge is 0.478 e. The maximum Gasteiger partial charge on any atom is 0.492 e. The zero-order valence-corrected chi connectivity index (χ0v) is 15.3. The van der Waals surface area contributed by atoms with E-state index in [4.69, 9.17) is 9.31 Å². The molecule has 0 atom stereocenters. The first-order valence-electron chi connectivity index (χ1n) is 7.65. The van der Waals surface area contributed by atoms with E-state index in [0.717, 1.165) is 0 Å². The van der Waals surface area contributed by atoms with Crippen molar-refractivity contribution in [3.63, 3.8) is 0 Å². The molecule has 0 aliphatic carbocycles. The summed E-state index contributed by atoms with van der Waals surface area (Å²) in [7, 11) is -0.648. The summed E-state index contributed by atoms with van der Waals surface area (Å²) in [6.45, 7) is 9.42. The van der Waals surface area contributed by atoms with Gasteiger partial charge in [-0.2, -0.15) is 0 Å². The van der Waals surface area contributed by atoms with Gasteiger partial charge in [0.15, 0.2) is 0 Å². The Morgan fingerprint density at radius 3 is 2.38 bits per heavy atom. The Balaban J connectivity index is 2.35. The van der Waals surface area contributed by atoms with Crippen LogP contribution in [0.3, 0.4) is 0 Å². The van der Waals surface area contributed by atoms with Gasteiger partial charge in [-0.25, -0.2) is 4.79 Å². The normalized spacial score (nSPS) is 19.4. The van der Waals surface area contributed by atoms with Gasteiger partial charge >= 0.3 is 13.1 Å². The number of carboxylic acids is 1. The molecular weight excluding hydrogens is 329 g/mol. The monoisotopic (exact) mass is 351 g/mol. The SMILES string of the molecule is CC(=O)NCC(=Cc1sccc1C(=O)O)B1OC(C)(C)C(C)(C)O1. The second-order valence-corrected chi connectivity index (χ2v) is 7.67. The number of amides is 1. The minimum atomic E-state index is -0.990. The van der Waals surface area contributed by atoms with Gasteiger partial charge in [0, 0.05) is 18.3 Å². The van der Waals surface area contributed by atoms with Crippen LogP contribution in [0.4, 0.5) is 0 Å². The predicted molar refractivity (Wildman–Crippen MR) is 94.0 cm³/mol. The van der Waals surface area contributed by atoms with E-state index in [-0.39, 0.29) is 18.0 Å². The quantitative estimate of drug-likeness (QED) is 0.797. The first-order chi connectivity index (χ1) is 11.0. The summed E-state index contributed by atoms with van der Waals surface area (Å²) < 4.78 is 12.0. The summed E-state index contributed by atoms with van der Waals surface area (Å²) >= 11 is 1.32. The predicted octanol–water partition coefficient (Wildman–Crippen LogP) is 2.60. The minimum Gasteiger partial charge on any atom is -0.478 e. The van der Waals surface area contributed by atoms with Crippen LogP contribution in [0.15, 0.2) is 16.9 Å². The topological polar surface area (TPSA) is 84.9 Å². The number of carboxylic acid groups (broad SMARTS) is 1. The lowest BCUT2D eigenvalue weighted by atomic mass is 9.77. The Labute approximate surface area is 146 Å². The number of carbonyl (C=O) groups is 2. The van der Waals surface area contributed by atoms with Crippen LogP contribution in [0.5, 0.6) is 0 Å². The maximum atomic E-state index is 11.3. The summed E-state index contributed by atoms with van der Waals surface area (Å²) in [5.74, 6) is -1.17. The fourth-order valence-electron chi connectivity index (χ4n) is 2.20. The van der Waals surface area contributed by atoms with E-state index in [1.165, 1.54) is 18.3 Å². The van der Waals surface area contributed by atoms with Gasteiger partial charge in [-0.15, -0.1) is 11.3 Å². The molecule has 1 fully saturated rings. The third-order valence-electron chi connectivity index (χ3n) is 4.34. The first kappa shape index (κ1) is 18.7. The molecule has 0 bridgehead atoms. The van der Waals surface area contributed by atoms with Gasteiger partial charge in [0.05, 0.1) is 16.8 Å². The summed E-state index contributed by atoms with van der Waals surface area (Å²) in [5, 5.41) is 13.7. The molecule has 8 heteroatoms. The molecule has 0 unspecified atom stereocenters. The Bertz CT molecular complexity index is 664. The molecule has 0 spiro atoms. The van der Waals surface area contributed by atoms with Gasteiger partial charge in [-0.3, -0.25) is 4.79 Å². The lowest BCUT2D eigenvalue weighted by Crippen LogP contribution is -2.41. The second-order valence-electron chi connectivity index (χ2n) is 6.72. The first-order valence-corrected chi connectivity index (χ1v) is 8.53. The highest BCUT2D eigenvalue weighted by Gasteiger charge is 2.52. The van der Waals surface area contributed by atoms with E-state index in [2.05, 4.69) is 5.32 Å². The highest BCUT2D eigenvalue weighted by molar-refractivity contribution is 7.11. The maximum absolute atomic E-state index is 11.3. The molecule has 1 aromatic rings. The van der Waals surface area contributed by atoms with Crippen molar-refractivity contribution < 1.29 is 24.0 Å². The highest BCUT2D eigenvalue weighted by Crippen LogP contribution is 2.39. The van der Waals surface area contributed by atoms with Crippen LogP contribution in [0, 0.1) is 0 Å². The summed E-state index contributed by atoms with van der Waals surface area (Å²) in [6, 6.07) is 1.55. The van der Waals surface area contributed by atoms with Crippen LogP contribution in [0.1, 0.15) is 49.9 Å². The molecule has 0 radical (unpaired) electrons. The minimum absolute atomic E-state index is 0.179. The van der Waals surface area contributed by atoms with Crippen molar-refractivity contribution in [1.29, 1.82) is 0 Å². The summed E-state index contributed by atoms with van der Waals surface area (Å²) in [5.41, 5.74) is -0.138. The van der Waals surface area contributed by atoms with Crippen LogP contribution in [-0.2, 0) is 14.1 Å². The van der Waals surface area contributed by atoms with Gasteiger partial charge in [-0.05, 0) is 50.7 Å². The van der Waals surface area contributed by atoms with Crippen LogP contribution < -0.4 is 5.32 Å². The molecule has 2 rings (SSSR count). The van der Waals surface area contributed by atoms with E-state index in [1.54, 1.807) is 17.5 Å². The molecule has 24 heavy (non-hydrogen) atoms. The van der Waals surface area contributed by atoms with Crippen molar-refractivity contribution in [2.45, 2.75) is 45.8 Å². The molecule has 1 aliphatic rings.